The van der Waals surface area contributed by atoms with Crippen molar-refractivity contribution in [3.05, 3.63) is 89.4 Å². The largest absolute Gasteiger partial charge is 0.486 e. The second-order valence-corrected chi connectivity index (χ2v) is 7.41. The van der Waals surface area contributed by atoms with Crippen LogP contribution in [0.2, 0.25) is 0 Å². The molecule has 0 aliphatic rings. The quantitative estimate of drug-likeness (QED) is 0.303. The summed E-state index contributed by atoms with van der Waals surface area (Å²) >= 11 is 0. The van der Waals surface area contributed by atoms with E-state index in [-0.39, 0.29) is 5.92 Å². The summed E-state index contributed by atoms with van der Waals surface area (Å²) in [5, 5.41) is 0. The van der Waals surface area contributed by atoms with Gasteiger partial charge in [-0.2, -0.15) is 0 Å². The first-order valence-corrected chi connectivity index (χ1v) is 10.6. The molecule has 0 aliphatic carbocycles. The molecule has 3 nitrogen and oxygen atoms in total. The first kappa shape index (κ1) is 21.5. The van der Waals surface area contributed by atoms with E-state index in [2.05, 4.69) is 18.8 Å². The number of ketones is 1. The first-order chi connectivity index (χ1) is 14.7. The molecule has 1 unspecified atom stereocenters. The molecule has 0 radical (unpaired) electrons. The van der Waals surface area contributed by atoms with Crippen LogP contribution in [-0.2, 0) is 11.4 Å². The van der Waals surface area contributed by atoms with Crippen molar-refractivity contribution in [1.29, 1.82) is 0 Å². The third-order valence-electron chi connectivity index (χ3n) is 5.09. The fourth-order valence-corrected chi connectivity index (χ4v) is 3.13. The topological polar surface area (TPSA) is 39.4 Å². The van der Waals surface area contributed by atoms with Crippen molar-refractivity contribution < 1.29 is 13.9 Å². The summed E-state index contributed by atoms with van der Waals surface area (Å²) in [4.78, 5) is 12.3. The highest BCUT2D eigenvalue weighted by atomic mass is 16.5. The summed E-state index contributed by atoms with van der Waals surface area (Å²) < 4.78 is 10.9. The molecule has 1 atom stereocenters. The Morgan fingerprint density at radius 2 is 1.63 bits per heavy atom. The number of unbranched alkanes of at least 4 members (excludes halogenated alkanes) is 2. The number of carbonyl (C=O) groups excluding carboxylic acids is 1. The highest BCUT2D eigenvalue weighted by Gasteiger charge is 2.14. The van der Waals surface area contributed by atoms with Crippen molar-refractivity contribution in [1.82, 2.24) is 0 Å². The van der Waals surface area contributed by atoms with Crippen molar-refractivity contribution in [2.75, 3.05) is 0 Å². The van der Waals surface area contributed by atoms with Crippen LogP contribution >= 0.6 is 0 Å². The summed E-state index contributed by atoms with van der Waals surface area (Å²) in [6.07, 6.45) is 5.53. The van der Waals surface area contributed by atoms with Crippen LogP contribution in [-0.4, -0.2) is 5.78 Å². The summed E-state index contributed by atoms with van der Waals surface area (Å²) in [5.74, 6) is 8.18. The van der Waals surface area contributed by atoms with Crippen LogP contribution in [0.15, 0.2) is 71.3 Å². The summed E-state index contributed by atoms with van der Waals surface area (Å²) in [5.41, 5.74) is 2.91. The average Bonchev–Trinajstić information content (AvgIpc) is 3.31. The van der Waals surface area contributed by atoms with Gasteiger partial charge in [0.2, 0.25) is 0 Å². The van der Waals surface area contributed by atoms with Gasteiger partial charge in [-0.15, -0.1) is 0 Å². The van der Waals surface area contributed by atoms with Crippen molar-refractivity contribution in [2.45, 2.75) is 52.1 Å². The van der Waals surface area contributed by atoms with E-state index in [9.17, 15) is 4.79 Å². The summed E-state index contributed by atoms with van der Waals surface area (Å²) in [6.45, 7) is 4.55. The average molecular weight is 401 g/mol. The van der Waals surface area contributed by atoms with Crippen LogP contribution in [0.25, 0.3) is 0 Å². The predicted octanol–water partition coefficient (Wildman–Crippen LogP) is 6.51. The molecule has 0 spiro atoms. The predicted molar refractivity (Wildman–Crippen MR) is 119 cm³/mol. The molecule has 3 rings (SSSR count). The monoisotopic (exact) mass is 400 g/mol. The second kappa shape index (κ2) is 11.1. The molecule has 1 heterocycles. The minimum absolute atomic E-state index is 0.0578. The molecular formula is C27H28O3. The molecule has 3 aromatic rings. The van der Waals surface area contributed by atoms with Crippen molar-refractivity contribution in [3.63, 3.8) is 0 Å². The molecule has 0 bridgehead atoms. The molecular weight excluding hydrogens is 372 g/mol. The maximum atomic E-state index is 12.3. The van der Waals surface area contributed by atoms with E-state index in [1.807, 2.05) is 67.6 Å². The molecule has 0 amide bonds. The zero-order valence-electron chi connectivity index (χ0n) is 17.7. The third-order valence-corrected chi connectivity index (χ3v) is 5.09. The Bertz CT molecular complexity index is 971. The Kier molecular flexibility index (Phi) is 7.92. The maximum Gasteiger partial charge on any atom is 0.146 e. The first-order valence-electron chi connectivity index (χ1n) is 10.6. The highest BCUT2D eigenvalue weighted by molar-refractivity contribution is 5.85. The van der Waals surface area contributed by atoms with Gasteiger partial charge in [-0.25, -0.2) is 0 Å². The molecule has 0 saturated carbocycles. The van der Waals surface area contributed by atoms with Gasteiger partial charge >= 0.3 is 0 Å². The lowest BCUT2D eigenvalue weighted by Crippen LogP contribution is -2.08. The van der Waals surface area contributed by atoms with Gasteiger partial charge < -0.3 is 9.15 Å². The number of hydrogen-bond donors (Lipinski definition) is 0. The second-order valence-electron chi connectivity index (χ2n) is 7.41. The maximum absolute atomic E-state index is 12.3. The fraction of sp³-hybridized carbons (Fsp3) is 0.296. The van der Waals surface area contributed by atoms with Crippen LogP contribution in [0.4, 0.5) is 0 Å². The highest BCUT2D eigenvalue weighted by Crippen LogP contribution is 2.20. The lowest BCUT2D eigenvalue weighted by atomic mass is 9.93. The van der Waals surface area contributed by atoms with Gasteiger partial charge in [0, 0.05) is 23.5 Å². The molecule has 2 aromatic carbocycles. The Balaban J connectivity index is 1.54. The SMILES string of the molecule is CCCCCC(=O)C(C)c1ccc(C#Cc2ccc(OCc3ccco3)cc2)cc1. The van der Waals surface area contributed by atoms with Crippen LogP contribution in [0, 0.1) is 11.8 Å². The number of ether oxygens (including phenoxy) is 1. The molecule has 0 saturated heterocycles. The Morgan fingerprint density at radius 3 is 2.23 bits per heavy atom. The van der Waals surface area contributed by atoms with Crippen molar-refractivity contribution in [2.24, 2.45) is 0 Å². The van der Waals surface area contributed by atoms with E-state index in [1.54, 1.807) is 6.26 Å². The van der Waals surface area contributed by atoms with Crippen molar-refractivity contribution in [3.8, 4) is 17.6 Å². The number of carbonyl (C=O) groups is 1. The minimum Gasteiger partial charge on any atom is -0.486 e. The molecule has 1 aromatic heterocycles. The number of furan rings is 1. The molecule has 0 fully saturated rings. The normalized spacial score (nSPS) is 11.4. The standard InChI is InChI=1S/C27H28O3/c1-3-4-5-8-27(28)21(2)24-15-11-22(12-16-24)9-10-23-13-17-25(18-14-23)30-20-26-7-6-19-29-26/h6-7,11-19,21H,3-5,8,20H2,1-2H3. The van der Waals surface area contributed by atoms with E-state index in [0.29, 0.717) is 18.8 Å². The van der Waals surface area contributed by atoms with E-state index in [0.717, 1.165) is 47.5 Å². The van der Waals surface area contributed by atoms with E-state index >= 15 is 0 Å². The number of benzene rings is 2. The van der Waals surface area contributed by atoms with Crippen LogP contribution in [0.3, 0.4) is 0 Å². The van der Waals surface area contributed by atoms with Gasteiger partial charge in [0.25, 0.3) is 0 Å². The van der Waals surface area contributed by atoms with Gasteiger partial charge in [-0.05, 0) is 60.5 Å². The molecule has 154 valence electrons. The fourth-order valence-electron chi connectivity index (χ4n) is 3.13. The van der Waals surface area contributed by atoms with Crippen molar-refractivity contribution >= 4 is 5.78 Å². The molecule has 3 heteroatoms. The van der Waals surface area contributed by atoms with Gasteiger partial charge in [0.15, 0.2) is 0 Å². The number of hydrogen-bond acceptors (Lipinski definition) is 3. The Morgan fingerprint density at radius 1 is 0.967 bits per heavy atom. The van der Waals surface area contributed by atoms with E-state index < -0.39 is 0 Å². The Labute approximate surface area is 179 Å². The van der Waals surface area contributed by atoms with Gasteiger partial charge in [0.1, 0.15) is 23.9 Å². The smallest absolute Gasteiger partial charge is 0.146 e. The summed E-state index contributed by atoms with van der Waals surface area (Å²) in [6, 6.07) is 19.4. The van der Waals surface area contributed by atoms with Gasteiger partial charge in [0.05, 0.1) is 6.26 Å². The van der Waals surface area contributed by atoms with Crippen LogP contribution in [0.5, 0.6) is 5.75 Å². The van der Waals surface area contributed by atoms with E-state index in [4.69, 9.17) is 9.15 Å². The van der Waals surface area contributed by atoms with Crippen LogP contribution in [0.1, 0.15) is 67.9 Å². The molecule has 0 aliphatic heterocycles. The lowest BCUT2D eigenvalue weighted by Gasteiger charge is -2.10. The Hall–Kier alpha value is -3.25. The molecule has 30 heavy (non-hydrogen) atoms. The van der Waals surface area contributed by atoms with Crippen LogP contribution < -0.4 is 4.74 Å². The summed E-state index contributed by atoms with van der Waals surface area (Å²) in [7, 11) is 0. The number of rotatable bonds is 9. The molecule has 0 N–H and O–H groups in total. The van der Waals surface area contributed by atoms with Gasteiger partial charge in [-0.1, -0.05) is 50.7 Å². The van der Waals surface area contributed by atoms with E-state index in [1.165, 1.54) is 0 Å². The number of Topliss-reactive ketones (excluding diaryl/α,β-unsaturated/α-hetero) is 1. The minimum atomic E-state index is -0.0578. The zero-order chi connectivity index (χ0) is 21.2. The zero-order valence-corrected chi connectivity index (χ0v) is 17.7. The lowest BCUT2D eigenvalue weighted by molar-refractivity contribution is -0.120. The third kappa shape index (κ3) is 6.39. The van der Waals surface area contributed by atoms with Gasteiger partial charge in [-0.3, -0.25) is 4.79 Å².